The maximum absolute atomic E-state index is 12.4. The first kappa shape index (κ1) is 20.7. The normalized spacial score (nSPS) is 10.6. The monoisotopic (exact) mass is 406 g/mol. The van der Waals surface area contributed by atoms with E-state index in [-0.39, 0.29) is 29.4 Å². The molecule has 0 fully saturated rings. The molecule has 0 heterocycles. The maximum atomic E-state index is 12.4. The smallest absolute Gasteiger partial charge is 0.321 e. The Kier molecular flexibility index (Phi) is 7.47. The van der Waals surface area contributed by atoms with Gasteiger partial charge in [0.2, 0.25) is 0 Å². The summed E-state index contributed by atoms with van der Waals surface area (Å²) < 4.78 is 10.1. The van der Waals surface area contributed by atoms with E-state index in [1.54, 1.807) is 24.3 Å². The van der Waals surface area contributed by atoms with Gasteiger partial charge in [0, 0.05) is 0 Å². The van der Waals surface area contributed by atoms with E-state index in [1.807, 2.05) is 36.4 Å². The van der Waals surface area contributed by atoms with Gasteiger partial charge >= 0.3 is 11.9 Å². The van der Waals surface area contributed by atoms with Gasteiger partial charge in [-0.25, -0.2) is 0 Å². The van der Waals surface area contributed by atoms with Crippen LogP contribution in [0.5, 0.6) is 5.75 Å². The summed E-state index contributed by atoms with van der Waals surface area (Å²) in [4.78, 5) is 23.7. The van der Waals surface area contributed by atoms with Gasteiger partial charge in [-0.15, -0.1) is 11.8 Å². The fraction of sp³-hybridized carbons (Fsp3) is 0.167. The van der Waals surface area contributed by atoms with Gasteiger partial charge in [-0.1, -0.05) is 72.8 Å². The summed E-state index contributed by atoms with van der Waals surface area (Å²) in [7, 11) is 1.36. The Morgan fingerprint density at radius 2 is 1.34 bits per heavy atom. The lowest BCUT2D eigenvalue weighted by atomic mass is 10.0. The maximum Gasteiger partial charge on any atom is 0.321 e. The van der Waals surface area contributed by atoms with Crippen LogP contribution in [0.1, 0.15) is 21.9 Å². The predicted octanol–water partition coefficient (Wildman–Crippen LogP) is 4.83. The molecule has 5 heteroatoms. The van der Waals surface area contributed by atoms with Crippen LogP contribution in [-0.2, 0) is 20.7 Å². The number of benzene rings is 3. The minimum Gasteiger partial charge on any atom is -0.469 e. The number of thioether (sulfide) groups is 1. The SMILES string of the molecule is COC(=O)Cc1ccc(OC(=O)CSC(c2ccccc2)c2ccccc2)cc1. The molecule has 0 unspecified atom stereocenters. The van der Waals surface area contributed by atoms with Gasteiger partial charge in [0.15, 0.2) is 0 Å². The zero-order valence-corrected chi connectivity index (χ0v) is 16.9. The van der Waals surface area contributed by atoms with Crippen LogP contribution in [0.2, 0.25) is 0 Å². The summed E-state index contributed by atoms with van der Waals surface area (Å²) >= 11 is 1.53. The molecule has 0 aromatic heterocycles. The predicted molar refractivity (Wildman–Crippen MR) is 115 cm³/mol. The standard InChI is InChI=1S/C24H22O4S/c1-27-22(25)16-18-12-14-21(15-13-18)28-23(26)17-29-24(19-8-4-2-5-9-19)20-10-6-3-7-11-20/h2-15,24H,16-17H2,1H3. The fourth-order valence-electron chi connectivity index (χ4n) is 2.87. The van der Waals surface area contributed by atoms with Crippen molar-refractivity contribution < 1.29 is 19.1 Å². The second-order valence-corrected chi connectivity index (χ2v) is 7.48. The molecule has 4 nitrogen and oxygen atoms in total. The summed E-state index contributed by atoms with van der Waals surface area (Å²) in [5.74, 6) is 0.0602. The minimum atomic E-state index is -0.312. The molecule has 29 heavy (non-hydrogen) atoms. The van der Waals surface area contributed by atoms with Gasteiger partial charge in [-0.2, -0.15) is 0 Å². The Labute approximate surface area is 174 Å². The van der Waals surface area contributed by atoms with Crippen molar-refractivity contribution in [1.29, 1.82) is 0 Å². The highest BCUT2D eigenvalue weighted by molar-refractivity contribution is 8.00. The quantitative estimate of drug-likeness (QED) is 0.396. The van der Waals surface area contributed by atoms with Gasteiger partial charge < -0.3 is 9.47 Å². The second-order valence-electron chi connectivity index (χ2n) is 6.38. The van der Waals surface area contributed by atoms with Crippen molar-refractivity contribution in [3.05, 3.63) is 102 Å². The lowest BCUT2D eigenvalue weighted by Gasteiger charge is -2.17. The van der Waals surface area contributed by atoms with Crippen LogP contribution < -0.4 is 4.74 Å². The van der Waals surface area contributed by atoms with Crippen molar-refractivity contribution in [2.24, 2.45) is 0 Å². The van der Waals surface area contributed by atoms with Gasteiger partial charge in [-0.3, -0.25) is 9.59 Å². The zero-order valence-electron chi connectivity index (χ0n) is 16.1. The average molecular weight is 407 g/mol. The molecule has 0 atom stereocenters. The number of esters is 2. The van der Waals surface area contributed by atoms with Crippen LogP contribution in [-0.4, -0.2) is 24.8 Å². The molecule has 0 bridgehead atoms. The molecule has 0 saturated heterocycles. The van der Waals surface area contributed by atoms with E-state index in [0.717, 1.165) is 16.7 Å². The zero-order chi connectivity index (χ0) is 20.5. The Morgan fingerprint density at radius 3 is 1.86 bits per heavy atom. The fourth-order valence-corrected chi connectivity index (χ4v) is 3.93. The van der Waals surface area contributed by atoms with E-state index in [2.05, 4.69) is 29.0 Å². The van der Waals surface area contributed by atoms with E-state index < -0.39 is 0 Å². The molecule has 0 aliphatic carbocycles. The van der Waals surface area contributed by atoms with Crippen molar-refractivity contribution in [1.82, 2.24) is 0 Å². The van der Waals surface area contributed by atoms with Gasteiger partial charge in [0.25, 0.3) is 0 Å². The average Bonchev–Trinajstić information content (AvgIpc) is 2.76. The highest BCUT2D eigenvalue weighted by Gasteiger charge is 2.17. The topological polar surface area (TPSA) is 52.6 Å². The number of rotatable bonds is 8. The highest BCUT2D eigenvalue weighted by Crippen LogP contribution is 2.35. The molecule has 0 saturated carbocycles. The van der Waals surface area contributed by atoms with Gasteiger partial charge in [0.05, 0.1) is 24.5 Å². The van der Waals surface area contributed by atoms with Crippen molar-refractivity contribution >= 4 is 23.7 Å². The Hall–Kier alpha value is -3.05. The molecule has 148 valence electrons. The van der Waals surface area contributed by atoms with Crippen LogP contribution in [0.4, 0.5) is 0 Å². The van der Waals surface area contributed by atoms with E-state index in [0.29, 0.717) is 5.75 Å². The molecular weight excluding hydrogens is 384 g/mol. The van der Waals surface area contributed by atoms with Crippen molar-refractivity contribution in [2.45, 2.75) is 11.7 Å². The number of carbonyl (C=O) groups excluding carboxylic acids is 2. The van der Waals surface area contributed by atoms with Crippen LogP contribution in [0, 0.1) is 0 Å². The Bertz CT molecular complexity index is 885. The van der Waals surface area contributed by atoms with Gasteiger partial charge in [0.1, 0.15) is 5.75 Å². The first-order chi connectivity index (χ1) is 14.2. The summed E-state index contributed by atoms with van der Waals surface area (Å²) in [6.07, 6.45) is 0.191. The van der Waals surface area contributed by atoms with Crippen LogP contribution >= 0.6 is 11.8 Å². The van der Waals surface area contributed by atoms with Crippen molar-refractivity contribution in [3.8, 4) is 5.75 Å². The van der Waals surface area contributed by atoms with Crippen molar-refractivity contribution in [2.75, 3.05) is 12.9 Å². The summed E-state index contributed by atoms with van der Waals surface area (Å²) in [5.41, 5.74) is 3.09. The first-order valence-corrected chi connectivity index (χ1v) is 10.3. The van der Waals surface area contributed by atoms with Crippen LogP contribution in [0.25, 0.3) is 0 Å². The summed E-state index contributed by atoms with van der Waals surface area (Å²) in [6.45, 7) is 0. The second kappa shape index (κ2) is 10.5. The number of hydrogen-bond donors (Lipinski definition) is 0. The highest BCUT2D eigenvalue weighted by atomic mass is 32.2. The van der Waals surface area contributed by atoms with Crippen LogP contribution in [0.15, 0.2) is 84.9 Å². The van der Waals surface area contributed by atoms with Crippen LogP contribution in [0.3, 0.4) is 0 Å². The number of carbonyl (C=O) groups is 2. The first-order valence-electron chi connectivity index (χ1n) is 9.23. The molecule has 0 amide bonds. The van der Waals surface area contributed by atoms with E-state index in [1.165, 1.54) is 18.9 Å². The minimum absolute atomic E-state index is 0.0485. The lowest BCUT2D eigenvalue weighted by molar-refractivity contribution is -0.139. The molecule has 0 aliphatic rings. The Morgan fingerprint density at radius 1 is 0.793 bits per heavy atom. The summed E-state index contributed by atoms with van der Waals surface area (Å²) in [5, 5.41) is 0.0485. The molecule has 0 N–H and O–H groups in total. The molecule has 0 radical (unpaired) electrons. The number of hydrogen-bond acceptors (Lipinski definition) is 5. The molecule has 0 aliphatic heterocycles. The molecule has 3 aromatic carbocycles. The third kappa shape index (κ3) is 6.22. The Balaban J connectivity index is 1.61. The number of ether oxygens (including phenoxy) is 2. The van der Waals surface area contributed by atoms with E-state index >= 15 is 0 Å². The molecular formula is C24H22O4S. The summed E-state index contributed by atoms with van der Waals surface area (Å²) in [6, 6.07) is 27.1. The molecule has 3 rings (SSSR count). The third-order valence-electron chi connectivity index (χ3n) is 4.30. The molecule has 0 spiro atoms. The number of methoxy groups -OCH3 is 1. The van der Waals surface area contributed by atoms with E-state index in [9.17, 15) is 9.59 Å². The largest absolute Gasteiger partial charge is 0.469 e. The molecule has 3 aromatic rings. The lowest BCUT2D eigenvalue weighted by Crippen LogP contribution is -2.12. The van der Waals surface area contributed by atoms with Gasteiger partial charge in [-0.05, 0) is 28.8 Å². The van der Waals surface area contributed by atoms with Crippen molar-refractivity contribution in [3.63, 3.8) is 0 Å². The third-order valence-corrected chi connectivity index (χ3v) is 5.58. The van der Waals surface area contributed by atoms with E-state index in [4.69, 9.17) is 4.74 Å².